The third-order valence-electron chi connectivity index (χ3n) is 1.91. The number of carbonyl (C=O) groups is 1. The Kier molecular flexibility index (Phi) is 5.85. The van der Waals surface area contributed by atoms with Crippen molar-refractivity contribution in [1.82, 2.24) is 0 Å². The molecule has 0 aliphatic rings. The minimum atomic E-state index is -1.05. The lowest BCUT2D eigenvalue weighted by molar-refractivity contribution is -0.122. The summed E-state index contributed by atoms with van der Waals surface area (Å²) in [6.07, 6.45) is 0. The van der Waals surface area contributed by atoms with Gasteiger partial charge in [0.15, 0.2) is 9.79 Å². The number of hydrogen-bond donors (Lipinski definition) is 1. The Balaban J connectivity index is 0.000000437. The monoisotopic (exact) mass is 248 g/mol. The van der Waals surface area contributed by atoms with Gasteiger partial charge >= 0.3 is 0 Å². The van der Waals surface area contributed by atoms with Crippen LogP contribution in [0.4, 0.5) is 0 Å². The molecule has 0 aliphatic carbocycles. The van der Waals surface area contributed by atoms with Crippen LogP contribution in [0.1, 0.15) is 0 Å². The summed E-state index contributed by atoms with van der Waals surface area (Å²) in [6.45, 7) is -0.250. The van der Waals surface area contributed by atoms with E-state index in [4.69, 9.17) is 9.90 Å². The summed E-state index contributed by atoms with van der Waals surface area (Å²) in [5, 5.41) is 6.89. The lowest BCUT2D eigenvalue weighted by atomic mass is 10.4. The summed E-state index contributed by atoms with van der Waals surface area (Å²) in [7, 11) is 0. The standard InChI is InChI=1S/C12H10OS.CH2O2/c13-14(11-7-3-1-4-8-11)12-9-5-2-6-10-12;2-1-3/h1-10H;1H,(H,2,3). The average molecular weight is 248 g/mol. The second kappa shape index (κ2) is 7.49. The quantitative estimate of drug-likeness (QED) is 0.656. The molecule has 1 N–H and O–H groups in total. The van der Waals surface area contributed by atoms with Crippen molar-refractivity contribution in [2.45, 2.75) is 9.79 Å². The molecule has 0 heterocycles. The van der Waals surface area contributed by atoms with Gasteiger partial charge < -0.3 is 9.66 Å². The molecule has 2 aromatic carbocycles. The summed E-state index contributed by atoms with van der Waals surface area (Å²) in [5.74, 6) is 0. The van der Waals surface area contributed by atoms with E-state index < -0.39 is 11.2 Å². The third-order valence-corrected chi connectivity index (χ3v) is 3.32. The van der Waals surface area contributed by atoms with Crippen LogP contribution in [0.5, 0.6) is 0 Å². The zero-order valence-electron chi connectivity index (χ0n) is 9.02. The number of carboxylic acid groups (broad SMARTS) is 1. The molecule has 0 amide bonds. The fourth-order valence-electron chi connectivity index (χ4n) is 1.22. The predicted molar refractivity (Wildman–Crippen MR) is 66.3 cm³/mol. The highest BCUT2D eigenvalue weighted by atomic mass is 32.2. The molecular formula is C13H12O3S. The molecule has 88 valence electrons. The van der Waals surface area contributed by atoms with Crippen molar-refractivity contribution >= 4 is 17.6 Å². The van der Waals surface area contributed by atoms with Crippen LogP contribution in [0, 0.1) is 0 Å². The fourth-order valence-corrected chi connectivity index (χ4v) is 2.31. The van der Waals surface area contributed by atoms with Crippen molar-refractivity contribution in [3.05, 3.63) is 60.7 Å². The van der Waals surface area contributed by atoms with Crippen LogP contribution in [-0.2, 0) is 16.0 Å². The molecule has 4 heteroatoms. The summed E-state index contributed by atoms with van der Waals surface area (Å²) < 4.78 is 12.0. The highest BCUT2D eigenvalue weighted by Crippen LogP contribution is 2.19. The van der Waals surface area contributed by atoms with E-state index in [1.54, 1.807) is 0 Å². The minimum absolute atomic E-state index is 0.250. The van der Waals surface area contributed by atoms with Gasteiger partial charge in [0.05, 0.1) is 0 Å². The molecule has 0 radical (unpaired) electrons. The first-order chi connectivity index (χ1) is 8.29. The maximum absolute atomic E-state index is 12.0. The molecule has 2 rings (SSSR count). The molecule has 0 atom stereocenters. The molecule has 0 aromatic heterocycles. The van der Waals surface area contributed by atoms with E-state index in [1.165, 1.54) is 0 Å². The van der Waals surface area contributed by atoms with Gasteiger partial charge in [0.2, 0.25) is 0 Å². The number of hydrogen-bond acceptors (Lipinski definition) is 2. The fraction of sp³-hybridized carbons (Fsp3) is 0. The first-order valence-corrected chi connectivity index (χ1v) is 6.04. The van der Waals surface area contributed by atoms with Crippen molar-refractivity contribution in [3.8, 4) is 0 Å². The van der Waals surface area contributed by atoms with Crippen molar-refractivity contribution in [3.63, 3.8) is 0 Å². The molecule has 3 nitrogen and oxygen atoms in total. The Morgan fingerprint density at radius 1 is 0.882 bits per heavy atom. The van der Waals surface area contributed by atoms with Crippen molar-refractivity contribution in [2.24, 2.45) is 0 Å². The molecule has 0 saturated carbocycles. The van der Waals surface area contributed by atoms with Gasteiger partial charge in [-0.2, -0.15) is 0 Å². The summed E-state index contributed by atoms with van der Waals surface area (Å²) in [5.41, 5.74) is 0. The Labute approximate surface area is 103 Å². The van der Waals surface area contributed by atoms with Crippen LogP contribution >= 0.6 is 0 Å². The van der Waals surface area contributed by atoms with Gasteiger partial charge in [-0.15, -0.1) is 0 Å². The molecule has 0 fully saturated rings. The van der Waals surface area contributed by atoms with E-state index in [1.807, 2.05) is 60.7 Å². The van der Waals surface area contributed by atoms with Crippen LogP contribution in [-0.4, -0.2) is 16.1 Å². The molecule has 2 aromatic rings. The normalized spacial score (nSPS) is 9.29. The number of benzene rings is 2. The Morgan fingerprint density at radius 3 is 1.47 bits per heavy atom. The molecule has 0 spiro atoms. The predicted octanol–water partition coefficient (Wildman–Crippen LogP) is 2.55. The van der Waals surface area contributed by atoms with Crippen molar-refractivity contribution in [1.29, 1.82) is 0 Å². The van der Waals surface area contributed by atoms with E-state index in [2.05, 4.69) is 0 Å². The first-order valence-electron chi connectivity index (χ1n) is 4.89. The lowest BCUT2D eigenvalue weighted by Gasteiger charge is -2.08. The van der Waals surface area contributed by atoms with Gasteiger partial charge in [-0.05, 0) is 24.3 Å². The van der Waals surface area contributed by atoms with Crippen LogP contribution in [0.2, 0.25) is 0 Å². The van der Waals surface area contributed by atoms with E-state index in [-0.39, 0.29) is 6.47 Å². The second-order valence-corrected chi connectivity index (χ2v) is 4.48. The van der Waals surface area contributed by atoms with Crippen LogP contribution in [0.15, 0.2) is 70.5 Å². The second-order valence-electron chi connectivity index (χ2n) is 3.00. The molecule has 0 bridgehead atoms. The van der Waals surface area contributed by atoms with Gasteiger partial charge in [0.25, 0.3) is 6.47 Å². The van der Waals surface area contributed by atoms with Crippen LogP contribution in [0.25, 0.3) is 0 Å². The first kappa shape index (κ1) is 13.3. The van der Waals surface area contributed by atoms with Crippen molar-refractivity contribution in [2.75, 3.05) is 0 Å². The van der Waals surface area contributed by atoms with Crippen molar-refractivity contribution < 1.29 is 14.5 Å². The average Bonchev–Trinajstić information content (AvgIpc) is 2.41. The summed E-state index contributed by atoms with van der Waals surface area (Å²) in [4.78, 5) is 10.1. The van der Waals surface area contributed by atoms with E-state index in [0.29, 0.717) is 0 Å². The Bertz CT molecular complexity index is 391. The zero-order valence-corrected chi connectivity index (χ0v) is 9.84. The van der Waals surface area contributed by atoms with Gasteiger partial charge in [0.1, 0.15) is 0 Å². The third kappa shape index (κ3) is 4.30. The molecular weight excluding hydrogens is 236 g/mol. The lowest BCUT2D eigenvalue weighted by Crippen LogP contribution is -2.00. The SMILES string of the molecule is O=CO.[O-][S+](c1ccccc1)c1ccccc1. The topological polar surface area (TPSA) is 60.4 Å². The van der Waals surface area contributed by atoms with E-state index >= 15 is 0 Å². The minimum Gasteiger partial charge on any atom is -0.606 e. The molecule has 0 unspecified atom stereocenters. The van der Waals surface area contributed by atoms with Gasteiger partial charge in [-0.3, -0.25) is 4.79 Å². The van der Waals surface area contributed by atoms with Gasteiger partial charge in [0, 0.05) is 11.2 Å². The highest BCUT2D eigenvalue weighted by molar-refractivity contribution is 7.91. The molecule has 17 heavy (non-hydrogen) atoms. The highest BCUT2D eigenvalue weighted by Gasteiger charge is 2.12. The molecule has 0 saturated heterocycles. The Hall–Kier alpha value is -1.78. The Morgan fingerprint density at radius 2 is 1.18 bits per heavy atom. The summed E-state index contributed by atoms with van der Waals surface area (Å²) >= 11 is -1.05. The summed E-state index contributed by atoms with van der Waals surface area (Å²) in [6, 6.07) is 19.0. The number of rotatable bonds is 2. The van der Waals surface area contributed by atoms with E-state index in [9.17, 15) is 4.55 Å². The van der Waals surface area contributed by atoms with Crippen LogP contribution < -0.4 is 0 Å². The van der Waals surface area contributed by atoms with E-state index in [0.717, 1.165) is 9.79 Å². The zero-order chi connectivity index (χ0) is 12.5. The maximum Gasteiger partial charge on any atom is 0.290 e. The maximum atomic E-state index is 12.0. The van der Waals surface area contributed by atoms with Gasteiger partial charge in [-0.1, -0.05) is 36.4 Å². The molecule has 0 aliphatic heterocycles. The van der Waals surface area contributed by atoms with Crippen LogP contribution in [0.3, 0.4) is 0 Å². The largest absolute Gasteiger partial charge is 0.606 e. The smallest absolute Gasteiger partial charge is 0.290 e. The van der Waals surface area contributed by atoms with Gasteiger partial charge in [-0.25, -0.2) is 0 Å².